The van der Waals surface area contributed by atoms with E-state index in [9.17, 15) is 9.50 Å². The zero-order chi connectivity index (χ0) is 20.7. The molecule has 1 aromatic carbocycles. The number of thiophene rings is 1. The monoisotopic (exact) mass is 425 g/mol. The maximum Gasteiger partial charge on any atom is 0.218 e. The molecule has 2 atom stereocenters. The Bertz CT molecular complexity index is 1230. The molecule has 10 heteroatoms. The van der Waals surface area contributed by atoms with Gasteiger partial charge in [-0.15, -0.1) is 11.3 Å². The fraction of sp³-hybridized carbons (Fsp3) is 0.250. The lowest BCUT2D eigenvalue weighted by molar-refractivity contribution is 0.131. The summed E-state index contributed by atoms with van der Waals surface area (Å²) in [5.74, 6) is 0.294. The third kappa shape index (κ3) is 3.43. The molecule has 30 heavy (non-hydrogen) atoms. The number of halogens is 1. The molecule has 5 rings (SSSR count). The number of pyridine rings is 1. The molecule has 0 bridgehead atoms. The number of fused-ring (bicyclic) bond motifs is 5. The van der Waals surface area contributed by atoms with E-state index in [2.05, 4.69) is 36.2 Å². The van der Waals surface area contributed by atoms with E-state index in [0.29, 0.717) is 18.2 Å². The molecule has 4 heterocycles. The molecule has 0 amide bonds. The van der Waals surface area contributed by atoms with Crippen molar-refractivity contribution in [1.82, 2.24) is 25.6 Å². The maximum absolute atomic E-state index is 13.3. The average molecular weight is 425 g/mol. The van der Waals surface area contributed by atoms with Gasteiger partial charge in [-0.2, -0.15) is 4.39 Å². The van der Waals surface area contributed by atoms with Crippen LogP contribution in [0.5, 0.6) is 0 Å². The van der Waals surface area contributed by atoms with Gasteiger partial charge in [-0.25, -0.2) is 15.0 Å². The van der Waals surface area contributed by atoms with Crippen LogP contribution in [0.25, 0.3) is 21.0 Å². The summed E-state index contributed by atoms with van der Waals surface area (Å²) in [4.78, 5) is 13.0. The van der Waals surface area contributed by atoms with Gasteiger partial charge in [0.25, 0.3) is 0 Å². The number of likely N-dealkylation sites (N-methyl/N-ethyl adjacent to an activating group) is 1. The molecule has 0 spiro atoms. The standard InChI is InChI=1S/C20H20FN7OS/c1-22-7-10-8-23-18-17-11-2-5-15(28-16-6-14(21)24-9-25-16)27-12(11)3-4-13(17)30-19(18)20(29)26-10/h2-6,9-10,20,22-23,26,29H,7-8H2,1H3,(H,24,25,27,28)/t10-,20?/m1/s1. The number of nitrogens with one attached hydrogen (secondary N) is 4. The Morgan fingerprint density at radius 2 is 2.13 bits per heavy atom. The predicted octanol–water partition coefficient (Wildman–Crippen LogP) is 2.72. The lowest BCUT2D eigenvalue weighted by Gasteiger charge is -2.18. The maximum atomic E-state index is 13.3. The molecule has 0 aliphatic carbocycles. The van der Waals surface area contributed by atoms with E-state index in [4.69, 9.17) is 0 Å². The fourth-order valence-electron chi connectivity index (χ4n) is 3.75. The number of hydrogen-bond donors (Lipinski definition) is 5. The second kappa shape index (κ2) is 7.73. The van der Waals surface area contributed by atoms with Crippen LogP contribution in [0.3, 0.4) is 0 Å². The molecule has 0 saturated heterocycles. The molecule has 3 aromatic heterocycles. The van der Waals surface area contributed by atoms with Crippen LogP contribution in [0, 0.1) is 5.95 Å². The first-order valence-electron chi connectivity index (χ1n) is 9.55. The van der Waals surface area contributed by atoms with Crippen LogP contribution >= 0.6 is 11.3 Å². The SMILES string of the molecule is CNC[C@@H]1CNc2c(sc3ccc4nc(Nc5cc(F)ncn5)ccc4c23)C(O)N1. The summed E-state index contributed by atoms with van der Waals surface area (Å²) in [6, 6.07) is 9.10. The first-order valence-corrected chi connectivity index (χ1v) is 10.4. The number of hydrogen-bond acceptors (Lipinski definition) is 9. The number of aromatic nitrogens is 3. The summed E-state index contributed by atoms with van der Waals surface area (Å²) in [7, 11) is 1.89. The molecule has 5 N–H and O–H groups in total. The van der Waals surface area contributed by atoms with Gasteiger partial charge in [0, 0.05) is 40.7 Å². The lowest BCUT2D eigenvalue weighted by Crippen LogP contribution is -2.42. The van der Waals surface area contributed by atoms with Crippen LogP contribution < -0.4 is 21.3 Å². The molecule has 154 valence electrons. The van der Waals surface area contributed by atoms with E-state index >= 15 is 0 Å². The Balaban J connectivity index is 1.55. The average Bonchev–Trinajstić information content (AvgIpc) is 3.04. The Morgan fingerprint density at radius 1 is 1.23 bits per heavy atom. The van der Waals surface area contributed by atoms with Crippen LogP contribution in [0.1, 0.15) is 11.1 Å². The Kier molecular flexibility index (Phi) is 4.91. The number of rotatable bonds is 4. The zero-order valence-electron chi connectivity index (χ0n) is 16.1. The van der Waals surface area contributed by atoms with Gasteiger partial charge in [-0.3, -0.25) is 5.32 Å². The Morgan fingerprint density at radius 3 is 2.97 bits per heavy atom. The minimum Gasteiger partial charge on any atom is -0.382 e. The highest BCUT2D eigenvalue weighted by Gasteiger charge is 2.26. The van der Waals surface area contributed by atoms with Gasteiger partial charge in [-0.1, -0.05) is 0 Å². The first kappa shape index (κ1) is 19.1. The summed E-state index contributed by atoms with van der Waals surface area (Å²) in [5, 5.41) is 25.7. The molecule has 0 saturated carbocycles. The molecular weight excluding hydrogens is 405 g/mol. The minimum atomic E-state index is -0.734. The topological polar surface area (TPSA) is 107 Å². The van der Waals surface area contributed by atoms with E-state index < -0.39 is 12.2 Å². The summed E-state index contributed by atoms with van der Waals surface area (Å²) < 4.78 is 14.4. The van der Waals surface area contributed by atoms with Crippen molar-refractivity contribution < 1.29 is 9.50 Å². The molecule has 0 fully saturated rings. The normalized spacial score (nSPS) is 18.8. The van der Waals surface area contributed by atoms with Gasteiger partial charge < -0.3 is 21.1 Å². The van der Waals surface area contributed by atoms with E-state index in [1.54, 1.807) is 11.3 Å². The summed E-state index contributed by atoms with van der Waals surface area (Å²) in [6.45, 7) is 1.44. The summed E-state index contributed by atoms with van der Waals surface area (Å²) >= 11 is 1.57. The molecule has 1 aliphatic rings. The van der Waals surface area contributed by atoms with Crippen molar-refractivity contribution in [2.24, 2.45) is 0 Å². The Hall–Kier alpha value is -2.92. The first-order chi connectivity index (χ1) is 14.6. The van der Waals surface area contributed by atoms with Crippen molar-refractivity contribution in [2.45, 2.75) is 12.3 Å². The number of aliphatic hydroxyl groups is 1. The van der Waals surface area contributed by atoms with Crippen LogP contribution in [0.15, 0.2) is 36.7 Å². The fourth-order valence-corrected chi connectivity index (χ4v) is 4.89. The van der Waals surface area contributed by atoms with Crippen LogP contribution in [0.4, 0.5) is 21.7 Å². The van der Waals surface area contributed by atoms with Gasteiger partial charge in [0.15, 0.2) is 0 Å². The van der Waals surface area contributed by atoms with Gasteiger partial charge >= 0.3 is 0 Å². The number of aliphatic hydroxyl groups excluding tert-OH is 1. The highest BCUT2D eigenvalue weighted by Crippen LogP contribution is 2.43. The quantitative estimate of drug-likeness (QED) is 0.318. The van der Waals surface area contributed by atoms with Gasteiger partial charge in [-0.05, 0) is 31.3 Å². The third-order valence-corrected chi connectivity index (χ3v) is 6.26. The van der Waals surface area contributed by atoms with E-state index in [-0.39, 0.29) is 6.04 Å². The van der Waals surface area contributed by atoms with Gasteiger partial charge in [0.05, 0.1) is 16.1 Å². The molecule has 1 aliphatic heterocycles. The van der Waals surface area contributed by atoms with Crippen LogP contribution in [-0.4, -0.2) is 46.2 Å². The second-order valence-corrected chi connectivity index (χ2v) is 8.18. The van der Waals surface area contributed by atoms with E-state index in [0.717, 1.165) is 44.4 Å². The number of nitrogens with zero attached hydrogens (tertiary/aromatic N) is 3. The highest BCUT2D eigenvalue weighted by molar-refractivity contribution is 7.20. The van der Waals surface area contributed by atoms with E-state index in [1.807, 2.05) is 31.3 Å². The lowest BCUT2D eigenvalue weighted by atomic mass is 10.1. The van der Waals surface area contributed by atoms with Crippen molar-refractivity contribution in [2.75, 3.05) is 30.8 Å². The second-order valence-electron chi connectivity index (χ2n) is 7.10. The molecular formula is C20H20FN7OS. The third-order valence-electron chi connectivity index (χ3n) is 5.06. The predicted molar refractivity (Wildman–Crippen MR) is 117 cm³/mol. The van der Waals surface area contributed by atoms with Crippen molar-refractivity contribution in [1.29, 1.82) is 0 Å². The molecule has 4 aromatic rings. The van der Waals surface area contributed by atoms with Gasteiger partial charge in [0.1, 0.15) is 24.2 Å². The summed E-state index contributed by atoms with van der Waals surface area (Å²) in [6.07, 6.45) is 0.428. The largest absolute Gasteiger partial charge is 0.382 e. The van der Waals surface area contributed by atoms with Crippen molar-refractivity contribution in [3.05, 3.63) is 47.5 Å². The number of anilines is 3. The summed E-state index contributed by atoms with van der Waals surface area (Å²) in [5.41, 5.74) is 1.74. The highest BCUT2D eigenvalue weighted by atomic mass is 32.1. The molecule has 8 nitrogen and oxygen atoms in total. The van der Waals surface area contributed by atoms with Crippen molar-refractivity contribution >= 4 is 49.6 Å². The Labute approximate surface area is 175 Å². The number of benzene rings is 1. The van der Waals surface area contributed by atoms with Crippen molar-refractivity contribution in [3.63, 3.8) is 0 Å². The van der Waals surface area contributed by atoms with Gasteiger partial charge in [0.2, 0.25) is 5.95 Å². The minimum absolute atomic E-state index is 0.108. The van der Waals surface area contributed by atoms with Crippen LogP contribution in [-0.2, 0) is 0 Å². The van der Waals surface area contributed by atoms with E-state index in [1.165, 1.54) is 6.07 Å². The molecule has 1 unspecified atom stereocenters. The molecule has 0 radical (unpaired) electrons. The zero-order valence-corrected chi connectivity index (χ0v) is 16.9. The van der Waals surface area contributed by atoms with Crippen molar-refractivity contribution in [3.8, 4) is 0 Å². The van der Waals surface area contributed by atoms with Crippen LogP contribution in [0.2, 0.25) is 0 Å². The smallest absolute Gasteiger partial charge is 0.218 e.